The van der Waals surface area contributed by atoms with Gasteiger partial charge in [-0.3, -0.25) is 0 Å². The average molecular weight is 595 g/mol. The second-order valence-corrected chi connectivity index (χ2v) is 11.8. The first kappa shape index (κ1) is 31.1. The normalized spacial score (nSPS) is 19.2. The number of hydrogen-bond acceptors (Lipinski definition) is 6. The largest absolute Gasteiger partial charge is 0.491 e. The van der Waals surface area contributed by atoms with Gasteiger partial charge in [0, 0.05) is 24.0 Å². The molecule has 44 heavy (non-hydrogen) atoms. The molecule has 0 saturated carbocycles. The Balaban J connectivity index is 1.43. The van der Waals surface area contributed by atoms with Crippen LogP contribution in [-0.4, -0.2) is 37.9 Å². The number of fused-ring (bicyclic) bond motifs is 2. The van der Waals surface area contributed by atoms with Crippen LogP contribution in [0.1, 0.15) is 78.8 Å². The lowest BCUT2D eigenvalue weighted by Crippen LogP contribution is -2.27. The third kappa shape index (κ3) is 6.75. The molecule has 0 heterocycles. The van der Waals surface area contributed by atoms with Gasteiger partial charge in [0.2, 0.25) is 0 Å². The van der Waals surface area contributed by atoms with E-state index in [0.717, 1.165) is 36.8 Å². The zero-order valence-corrected chi connectivity index (χ0v) is 25.8. The van der Waals surface area contributed by atoms with Gasteiger partial charge >= 0.3 is 11.9 Å². The molecule has 0 amide bonds. The van der Waals surface area contributed by atoms with Crippen LogP contribution >= 0.6 is 0 Å². The average Bonchev–Trinajstić information content (AvgIpc) is 3.34. The lowest BCUT2D eigenvalue weighted by Gasteiger charge is -2.34. The molecular formula is C38H42O6. The number of rotatable bonds is 13. The molecule has 0 spiro atoms. The summed E-state index contributed by atoms with van der Waals surface area (Å²) in [4.78, 5) is 22.7. The molecule has 3 atom stereocenters. The molecule has 3 aromatic carbocycles. The molecule has 0 fully saturated rings. The van der Waals surface area contributed by atoms with Gasteiger partial charge in [-0.05, 0) is 103 Å². The Bertz CT molecular complexity index is 1490. The molecule has 5 rings (SSSR count). The molecule has 2 aliphatic carbocycles. The van der Waals surface area contributed by atoms with Gasteiger partial charge in [0.25, 0.3) is 0 Å². The van der Waals surface area contributed by atoms with E-state index in [2.05, 4.69) is 56.5 Å². The van der Waals surface area contributed by atoms with Crippen LogP contribution in [0.5, 0.6) is 11.5 Å². The lowest BCUT2D eigenvalue weighted by molar-refractivity contribution is -0.139. The van der Waals surface area contributed by atoms with Crippen molar-refractivity contribution < 1.29 is 28.5 Å². The summed E-state index contributed by atoms with van der Waals surface area (Å²) in [6, 6.07) is 21.8. The second kappa shape index (κ2) is 14.0. The van der Waals surface area contributed by atoms with Crippen LogP contribution in [0.3, 0.4) is 0 Å². The first-order chi connectivity index (χ1) is 21.3. The van der Waals surface area contributed by atoms with Gasteiger partial charge < -0.3 is 18.9 Å². The highest BCUT2D eigenvalue weighted by atomic mass is 16.6. The van der Waals surface area contributed by atoms with Gasteiger partial charge in [-0.25, -0.2) is 9.59 Å². The van der Waals surface area contributed by atoms with E-state index < -0.39 is 11.9 Å². The Kier molecular flexibility index (Phi) is 9.89. The molecule has 0 bridgehead atoms. The Hall–Kier alpha value is -4.32. The first-order valence-electron chi connectivity index (χ1n) is 15.6. The van der Waals surface area contributed by atoms with E-state index in [4.69, 9.17) is 18.9 Å². The molecule has 0 aliphatic heterocycles. The van der Waals surface area contributed by atoms with Crippen molar-refractivity contribution in [1.29, 1.82) is 0 Å². The van der Waals surface area contributed by atoms with Crippen LogP contribution in [0.4, 0.5) is 0 Å². The minimum absolute atomic E-state index is 0.112. The molecule has 0 radical (unpaired) electrons. The summed E-state index contributed by atoms with van der Waals surface area (Å²) < 4.78 is 22.2. The molecule has 6 heteroatoms. The maximum absolute atomic E-state index is 11.4. The van der Waals surface area contributed by atoms with Gasteiger partial charge in [-0.15, -0.1) is 0 Å². The third-order valence-corrected chi connectivity index (χ3v) is 8.85. The highest BCUT2D eigenvalue weighted by molar-refractivity contribution is 5.81. The number of esters is 2. The van der Waals surface area contributed by atoms with Crippen molar-refractivity contribution in [2.24, 2.45) is 0 Å². The summed E-state index contributed by atoms with van der Waals surface area (Å²) in [7, 11) is 0. The molecule has 6 nitrogen and oxygen atoms in total. The summed E-state index contributed by atoms with van der Waals surface area (Å²) in [5.74, 6) is 1.03. The number of aryl methyl sites for hydroxylation is 2. The van der Waals surface area contributed by atoms with E-state index >= 15 is 0 Å². The number of hydrogen-bond donors (Lipinski definition) is 0. The standard InChI is InChI=1S/C38H42O6/c1-5-36(39)42-20-19-27(4)44-33-17-13-31(14-18-33)38(30-11-15-32(16-12-30)41-21-22-43-37(40)6-2)25-26(3)34-23-28-9-7-8-10-29(28)24-35(34)38/h5-6,11-18,23-24,26-27H,1-2,7-10,19-22,25H2,3-4H3. The predicted molar refractivity (Wildman–Crippen MR) is 171 cm³/mol. The Morgan fingerprint density at radius 3 is 2.02 bits per heavy atom. The Labute approximate surface area is 260 Å². The van der Waals surface area contributed by atoms with Gasteiger partial charge in [-0.2, -0.15) is 0 Å². The van der Waals surface area contributed by atoms with Gasteiger partial charge in [0.1, 0.15) is 24.7 Å². The summed E-state index contributed by atoms with van der Waals surface area (Å²) in [5, 5.41) is 0. The van der Waals surface area contributed by atoms with Gasteiger partial charge in [-0.1, -0.05) is 56.5 Å². The van der Waals surface area contributed by atoms with Crippen molar-refractivity contribution in [3.8, 4) is 11.5 Å². The van der Waals surface area contributed by atoms with Crippen LogP contribution in [-0.2, 0) is 37.3 Å². The number of carbonyl (C=O) groups excluding carboxylic acids is 2. The zero-order valence-electron chi connectivity index (χ0n) is 25.8. The minimum Gasteiger partial charge on any atom is -0.491 e. The van der Waals surface area contributed by atoms with Crippen LogP contribution in [0.15, 0.2) is 86.0 Å². The highest BCUT2D eigenvalue weighted by Gasteiger charge is 2.45. The highest BCUT2D eigenvalue weighted by Crippen LogP contribution is 2.55. The third-order valence-electron chi connectivity index (χ3n) is 8.85. The van der Waals surface area contributed by atoms with Crippen molar-refractivity contribution in [3.05, 3.63) is 119 Å². The summed E-state index contributed by atoms with van der Waals surface area (Å²) >= 11 is 0. The van der Waals surface area contributed by atoms with E-state index in [0.29, 0.717) is 12.3 Å². The molecule has 230 valence electrons. The van der Waals surface area contributed by atoms with E-state index in [9.17, 15) is 9.59 Å². The maximum atomic E-state index is 11.4. The predicted octanol–water partition coefficient (Wildman–Crippen LogP) is 7.40. The van der Waals surface area contributed by atoms with Gasteiger partial charge in [0.05, 0.1) is 12.7 Å². The molecule has 3 aromatic rings. The van der Waals surface area contributed by atoms with Crippen LogP contribution in [0, 0.1) is 0 Å². The summed E-state index contributed by atoms with van der Waals surface area (Å²) in [6.45, 7) is 11.9. The monoisotopic (exact) mass is 594 g/mol. The van der Waals surface area contributed by atoms with Crippen molar-refractivity contribution >= 4 is 11.9 Å². The molecule has 0 N–H and O–H groups in total. The quantitative estimate of drug-likeness (QED) is 0.117. The maximum Gasteiger partial charge on any atom is 0.330 e. The molecule has 2 aliphatic rings. The number of benzene rings is 3. The summed E-state index contributed by atoms with van der Waals surface area (Å²) in [6.07, 6.45) is 8.54. The fraction of sp³-hybridized carbons (Fsp3) is 0.368. The summed E-state index contributed by atoms with van der Waals surface area (Å²) in [5.41, 5.74) is 7.95. The van der Waals surface area contributed by atoms with Crippen molar-refractivity contribution in [2.75, 3.05) is 19.8 Å². The SMILES string of the molecule is C=CC(=O)OCCOc1ccc(C2(c3ccc(OC(C)CCOC(=O)C=C)cc3)CC(C)c3cc4c(cc32)CCCC4)cc1. The van der Waals surface area contributed by atoms with E-state index in [-0.39, 0.29) is 31.3 Å². The fourth-order valence-electron chi connectivity index (χ4n) is 6.66. The number of ether oxygens (including phenoxy) is 4. The molecule has 3 unspecified atom stereocenters. The van der Waals surface area contributed by atoms with Crippen molar-refractivity contribution in [3.63, 3.8) is 0 Å². The topological polar surface area (TPSA) is 71.1 Å². The van der Waals surface area contributed by atoms with Gasteiger partial charge in [0.15, 0.2) is 0 Å². The van der Waals surface area contributed by atoms with Crippen molar-refractivity contribution in [2.45, 2.75) is 69.8 Å². The van der Waals surface area contributed by atoms with Crippen LogP contribution in [0.25, 0.3) is 0 Å². The van der Waals surface area contributed by atoms with Crippen molar-refractivity contribution in [1.82, 2.24) is 0 Å². The van der Waals surface area contributed by atoms with E-state index in [1.54, 1.807) is 0 Å². The Morgan fingerprint density at radius 2 is 1.41 bits per heavy atom. The molecule has 0 aromatic heterocycles. The van der Waals surface area contributed by atoms with Crippen LogP contribution in [0.2, 0.25) is 0 Å². The fourth-order valence-corrected chi connectivity index (χ4v) is 6.66. The van der Waals surface area contributed by atoms with E-state index in [1.807, 2.05) is 31.2 Å². The minimum atomic E-state index is -0.456. The zero-order chi connectivity index (χ0) is 31.1. The lowest BCUT2D eigenvalue weighted by atomic mass is 9.69. The molecular weight excluding hydrogens is 552 g/mol. The first-order valence-corrected chi connectivity index (χ1v) is 15.6. The molecule has 0 saturated heterocycles. The second-order valence-electron chi connectivity index (χ2n) is 11.8. The van der Waals surface area contributed by atoms with E-state index in [1.165, 1.54) is 52.3 Å². The Morgan fingerprint density at radius 1 is 0.841 bits per heavy atom. The smallest absolute Gasteiger partial charge is 0.330 e. The number of carbonyl (C=O) groups is 2. The van der Waals surface area contributed by atoms with Crippen LogP contribution < -0.4 is 9.47 Å².